The summed E-state index contributed by atoms with van der Waals surface area (Å²) in [6.07, 6.45) is 6.25. The Morgan fingerprint density at radius 2 is 2.00 bits per heavy atom. The summed E-state index contributed by atoms with van der Waals surface area (Å²) in [5.74, 6) is 0. The van der Waals surface area contributed by atoms with E-state index < -0.39 is 0 Å². The highest BCUT2D eigenvalue weighted by Crippen LogP contribution is 2.39. The molecule has 0 aromatic carbocycles. The van der Waals surface area contributed by atoms with Crippen molar-refractivity contribution < 1.29 is 9.47 Å². The van der Waals surface area contributed by atoms with Crippen LogP contribution >= 0.6 is 0 Å². The molecule has 0 aromatic rings. The van der Waals surface area contributed by atoms with E-state index in [0.717, 1.165) is 52.1 Å². The van der Waals surface area contributed by atoms with Crippen molar-refractivity contribution in [3.8, 4) is 0 Å². The number of rotatable bonds is 2. The highest BCUT2D eigenvalue weighted by molar-refractivity contribution is 4.97. The van der Waals surface area contributed by atoms with Crippen LogP contribution in [0, 0.1) is 0 Å². The molecule has 4 nitrogen and oxygen atoms in total. The number of nitrogens with two attached hydrogens (primary N) is 1. The lowest BCUT2D eigenvalue weighted by molar-refractivity contribution is -0.179. The van der Waals surface area contributed by atoms with Gasteiger partial charge in [-0.2, -0.15) is 0 Å². The second-order valence-corrected chi connectivity index (χ2v) is 5.82. The molecule has 2 N–H and O–H groups in total. The Balaban J connectivity index is 1.63. The number of morpholine rings is 1. The summed E-state index contributed by atoms with van der Waals surface area (Å²) in [6, 6.07) is 0.271. The van der Waals surface area contributed by atoms with Crippen molar-refractivity contribution in [3.05, 3.63) is 0 Å². The van der Waals surface area contributed by atoms with Crippen molar-refractivity contribution in [1.82, 2.24) is 4.90 Å². The van der Waals surface area contributed by atoms with Gasteiger partial charge in [0.05, 0.1) is 24.9 Å². The fraction of sp³-hybridized carbons (Fsp3) is 1.00. The monoisotopic (exact) mass is 240 g/mol. The molecule has 0 spiro atoms. The largest absolute Gasteiger partial charge is 0.379 e. The minimum absolute atomic E-state index is 0.107. The summed E-state index contributed by atoms with van der Waals surface area (Å²) in [5, 5.41) is 0. The summed E-state index contributed by atoms with van der Waals surface area (Å²) < 4.78 is 11.7. The molecule has 98 valence electrons. The van der Waals surface area contributed by atoms with E-state index in [1.165, 1.54) is 12.8 Å². The normalized spacial score (nSPS) is 43.6. The molecule has 0 radical (unpaired) electrons. The van der Waals surface area contributed by atoms with Crippen LogP contribution in [0.15, 0.2) is 0 Å². The van der Waals surface area contributed by atoms with E-state index in [0.29, 0.717) is 6.10 Å². The SMILES string of the molecule is NC1CCC2(CN3CCOCC3)CCCC1O2. The Morgan fingerprint density at radius 3 is 2.82 bits per heavy atom. The Bertz CT molecular complexity index is 268. The Hall–Kier alpha value is -0.160. The van der Waals surface area contributed by atoms with Gasteiger partial charge in [0.1, 0.15) is 0 Å². The fourth-order valence-electron chi connectivity index (χ4n) is 3.53. The van der Waals surface area contributed by atoms with Gasteiger partial charge < -0.3 is 15.2 Å². The maximum absolute atomic E-state index is 6.32. The van der Waals surface area contributed by atoms with Gasteiger partial charge in [-0.1, -0.05) is 0 Å². The van der Waals surface area contributed by atoms with E-state index in [4.69, 9.17) is 15.2 Å². The number of nitrogens with zero attached hydrogens (tertiary/aromatic N) is 1. The van der Waals surface area contributed by atoms with Crippen molar-refractivity contribution in [2.75, 3.05) is 32.8 Å². The predicted octanol–water partition coefficient (Wildman–Crippen LogP) is 0.748. The van der Waals surface area contributed by atoms with Crippen molar-refractivity contribution in [1.29, 1.82) is 0 Å². The zero-order valence-corrected chi connectivity index (χ0v) is 10.6. The average molecular weight is 240 g/mol. The van der Waals surface area contributed by atoms with E-state index in [9.17, 15) is 0 Å². The highest BCUT2D eigenvalue weighted by Gasteiger charge is 2.44. The molecule has 3 aliphatic rings. The highest BCUT2D eigenvalue weighted by atomic mass is 16.5. The van der Waals surface area contributed by atoms with E-state index in [-0.39, 0.29) is 11.6 Å². The second-order valence-electron chi connectivity index (χ2n) is 5.82. The van der Waals surface area contributed by atoms with Gasteiger partial charge in [0, 0.05) is 25.7 Å². The summed E-state index contributed by atoms with van der Waals surface area (Å²) in [6.45, 7) is 4.95. The molecule has 3 unspecified atom stereocenters. The average Bonchev–Trinajstić information content (AvgIpc) is 2.36. The molecule has 0 saturated carbocycles. The van der Waals surface area contributed by atoms with Gasteiger partial charge in [-0.15, -0.1) is 0 Å². The van der Waals surface area contributed by atoms with Crippen LogP contribution in [0.3, 0.4) is 0 Å². The topological polar surface area (TPSA) is 47.7 Å². The summed E-state index contributed by atoms with van der Waals surface area (Å²) >= 11 is 0. The first-order valence-electron chi connectivity index (χ1n) is 7.01. The smallest absolute Gasteiger partial charge is 0.0814 e. The van der Waals surface area contributed by atoms with Crippen LogP contribution in [0.5, 0.6) is 0 Å². The zero-order valence-electron chi connectivity index (χ0n) is 10.6. The van der Waals surface area contributed by atoms with Gasteiger partial charge in [-0.25, -0.2) is 0 Å². The molecule has 3 saturated heterocycles. The molecular formula is C13H24N2O2. The minimum Gasteiger partial charge on any atom is -0.379 e. The van der Waals surface area contributed by atoms with Crippen LogP contribution < -0.4 is 5.73 Å². The van der Waals surface area contributed by atoms with Crippen LogP contribution in [-0.2, 0) is 9.47 Å². The standard InChI is InChI=1S/C13H24N2O2/c14-11-3-5-13(4-1-2-12(11)17-13)10-15-6-8-16-9-7-15/h11-12H,1-10,14H2. The quantitative estimate of drug-likeness (QED) is 0.773. The van der Waals surface area contributed by atoms with Crippen LogP contribution in [0.2, 0.25) is 0 Å². The molecule has 4 heteroatoms. The fourth-order valence-corrected chi connectivity index (χ4v) is 3.53. The Morgan fingerprint density at radius 1 is 1.18 bits per heavy atom. The molecule has 3 rings (SSSR count). The molecule has 3 aliphatic heterocycles. The molecule has 0 aliphatic carbocycles. The number of hydrogen-bond acceptors (Lipinski definition) is 4. The Labute approximate surface area is 103 Å². The van der Waals surface area contributed by atoms with Crippen LogP contribution in [-0.4, -0.2) is 55.5 Å². The van der Waals surface area contributed by atoms with Crippen LogP contribution in [0.25, 0.3) is 0 Å². The molecule has 17 heavy (non-hydrogen) atoms. The van der Waals surface area contributed by atoms with Crippen molar-refractivity contribution in [2.24, 2.45) is 5.73 Å². The van der Waals surface area contributed by atoms with Crippen LogP contribution in [0.4, 0.5) is 0 Å². The lowest BCUT2D eigenvalue weighted by Crippen LogP contribution is -2.58. The van der Waals surface area contributed by atoms with E-state index in [1.807, 2.05) is 0 Å². The second kappa shape index (κ2) is 4.84. The summed E-state index contributed by atoms with van der Waals surface area (Å²) in [4.78, 5) is 2.50. The van der Waals surface area contributed by atoms with Gasteiger partial charge in [0.15, 0.2) is 0 Å². The summed E-state index contributed by atoms with van der Waals surface area (Å²) in [7, 11) is 0. The van der Waals surface area contributed by atoms with E-state index in [2.05, 4.69) is 4.90 Å². The van der Waals surface area contributed by atoms with Gasteiger partial charge in [-0.3, -0.25) is 4.90 Å². The van der Waals surface area contributed by atoms with Gasteiger partial charge in [0.2, 0.25) is 0 Å². The third-order valence-electron chi connectivity index (χ3n) is 4.55. The number of fused-ring (bicyclic) bond motifs is 2. The molecule has 0 aromatic heterocycles. The maximum atomic E-state index is 6.32. The number of hydrogen-bond donors (Lipinski definition) is 1. The third-order valence-corrected chi connectivity index (χ3v) is 4.55. The molecular weight excluding hydrogens is 216 g/mol. The number of ether oxygens (including phenoxy) is 2. The lowest BCUT2D eigenvalue weighted by Gasteiger charge is -2.50. The van der Waals surface area contributed by atoms with Crippen LogP contribution in [0.1, 0.15) is 32.1 Å². The first-order valence-corrected chi connectivity index (χ1v) is 7.01. The maximum Gasteiger partial charge on any atom is 0.0814 e. The first-order chi connectivity index (χ1) is 8.27. The van der Waals surface area contributed by atoms with Gasteiger partial charge in [-0.05, 0) is 32.1 Å². The Kier molecular flexibility index (Phi) is 3.39. The molecule has 0 amide bonds. The molecule has 2 bridgehead atoms. The minimum atomic E-state index is 0.107. The van der Waals surface area contributed by atoms with Crippen molar-refractivity contribution in [2.45, 2.75) is 49.9 Å². The lowest BCUT2D eigenvalue weighted by atomic mass is 9.79. The predicted molar refractivity (Wildman–Crippen MR) is 65.9 cm³/mol. The van der Waals surface area contributed by atoms with Gasteiger partial charge >= 0.3 is 0 Å². The van der Waals surface area contributed by atoms with Crippen molar-refractivity contribution in [3.63, 3.8) is 0 Å². The molecule has 3 fully saturated rings. The first kappa shape index (κ1) is 11.9. The zero-order chi connectivity index (χ0) is 11.7. The van der Waals surface area contributed by atoms with E-state index in [1.54, 1.807) is 0 Å². The summed E-state index contributed by atoms with van der Waals surface area (Å²) in [5.41, 5.74) is 6.23. The third kappa shape index (κ3) is 2.50. The van der Waals surface area contributed by atoms with E-state index >= 15 is 0 Å². The van der Waals surface area contributed by atoms with Gasteiger partial charge in [0.25, 0.3) is 0 Å². The molecule has 3 heterocycles. The molecule has 3 atom stereocenters. The van der Waals surface area contributed by atoms with Crippen molar-refractivity contribution >= 4 is 0 Å².